The summed E-state index contributed by atoms with van der Waals surface area (Å²) in [6.45, 7) is 11.2. The number of ether oxygens (including phenoxy) is 1. The number of benzene rings is 1. The molecule has 0 amide bonds. The third-order valence-corrected chi connectivity index (χ3v) is 7.92. The Morgan fingerprint density at radius 3 is 2.08 bits per heavy atom. The SMILES string of the molecule is CCSC(CCCC(SCC)c1c(C)cc(C)cc1OC)SCC. The van der Waals surface area contributed by atoms with Crippen LogP contribution in [-0.4, -0.2) is 29.0 Å². The summed E-state index contributed by atoms with van der Waals surface area (Å²) < 4.78 is 6.47. The summed E-state index contributed by atoms with van der Waals surface area (Å²) in [5.74, 6) is 4.66. The summed E-state index contributed by atoms with van der Waals surface area (Å²) in [5, 5.41) is 0.546. The number of thioether (sulfide) groups is 3. The summed E-state index contributed by atoms with van der Waals surface area (Å²) in [7, 11) is 1.80. The van der Waals surface area contributed by atoms with E-state index < -0.39 is 0 Å². The van der Waals surface area contributed by atoms with Crippen molar-refractivity contribution in [3.8, 4) is 5.75 Å². The minimum absolute atomic E-state index is 0.546. The Morgan fingerprint density at radius 2 is 1.54 bits per heavy atom. The smallest absolute Gasteiger partial charge is 0.123 e. The van der Waals surface area contributed by atoms with Gasteiger partial charge in [0.1, 0.15) is 5.75 Å². The van der Waals surface area contributed by atoms with Crippen molar-refractivity contribution in [1.82, 2.24) is 0 Å². The van der Waals surface area contributed by atoms with Crippen LogP contribution in [0.1, 0.15) is 62.0 Å². The second kappa shape index (κ2) is 12.4. The molecule has 0 bridgehead atoms. The van der Waals surface area contributed by atoms with Crippen LogP contribution in [0, 0.1) is 13.8 Å². The standard InChI is InChI=1S/C20H34OS3/c1-7-22-18(11-10-12-19(23-8-2)24-9-3)20-16(5)13-15(4)14-17(20)21-6/h13-14,18-19H,7-12H2,1-6H3. The van der Waals surface area contributed by atoms with E-state index in [2.05, 4.69) is 82.0 Å². The molecule has 1 unspecified atom stereocenters. The van der Waals surface area contributed by atoms with Gasteiger partial charge < -0.3 is 4.74 Å². The van der Waals surface area contributed by atoms with Gasteiger partial charge in [0.05, 0.1) is 11.7 Å². The summed E-state index contributed by atoms with van der Waals surface area (Å²) in [5.41, 5.74) is 4.07. The van der Waals surface area contributed by atoms with Crippen molar-refractivity contribution in [3.63, 3.8) is 0 Å². The van der Waals surface area contributed by atoms with Gasteiger partial charge in [-0.2, -0.15) is 11.8 Å². The molecule has 0 aliphatic heterocycles. The zero-order chi connectivity index (χ0) is 17.9. The molecule has 0 aromatic heterocycles. The molecular formula is C20H34OS3. The van der Waals surface area contributed by atoms with Gasteiger partial charge in [0.25, 0.3) is 0 Å². The number of methoxy groups -OCH3 is 1. The maximum Gasteiger partial charge on any atom is 0.123 e. The Morgan fingerprint density at radius 1 is 0.917 bits per heavy atom. The number of rotatable bonds is 12. The number of aryl methyl sites for hydroxylation is 2. The van der Waals surface area contributed by atoms with E-state index >= 15 is 0 Å². The van der Waals surface area contributed by atoms with Gasteiger partial charge in [-0.1, -0.05) is 33.3 Å². The molecule has 0 saturated carbocycles. The summed E-state index contributed by atoms with van der Waals surface area (Å²) in [4.78, 5) is 0. The molecule has 0 spiro atoms. The molecule has 0 fully saturated rings. The molecule has 0 N–H and O–H groups in total. The molecule has 1 atom stereocenters. The molecule has 0 heterocycles. The topological polar surface area (TPSA) is 9.23 Å². The highest BCUT2D eigenvalue weighted by atomic mass is 32.2. The van der Waals surface area contributed by atoms with Crippen LogP contribution in [0.15, 0.2) is 12.1 Å². The van der Waals surface area contributed by atoms with Crippen LogP contribution in [0.2, 0.25) is 0 Å². The second-order valence-electron chi connectivity index (χ2n) is 5.91. The van der Waals surface area contributed by atoms with Crippen LogP contribution >= 0.6 is 35.3 Å². The largest absolute Gasteiger partial charge is 0.496 e. The first-order valence-corrected chi connectivity index (χ1v) is 12.2. The van der Waals surface area contributed by atoms with E-state index in [1.165, 1.54) is 47.5 Å². The lowest BCUT2D eigenvalue weighted by Gasteiger charge is -2.23. The predicted molar refractivity (Wildman–Crippen MR) is 117 cm³/mol. The van der Waals surface area contributed by atoms with Crippen molar-refractivity contribution < 1.29 is 4.74 Å². The monoisotopic (exact) mass is 386 g/mol. The average molecular weight is 387 g/mol. The van der Waals surface area contributed by atoms with Gasteiger partial charge in [0.2, 0.25) is 0 Å². The van der Waals surface area contributed by atoms with Gasteiger partial charge in [-0.05, 0) is 61.1 Å². The van der Waals surface area contributed by atoms with Gasteiger partial charge in [-0.3, -0.25) is 0 Å². The van der Waals surface area contributed by atoms with Crippen LogP contribution in [0.4, 0.5) is 0 Å². The highest BCUT2D eigenvalue weighted by Gasteiger charge is 2.20. The van der Waals surface area contributed by atoms with Crippen molar-refractivity contribution in [1.29, 1.82) is 0 Å². The van der Waals surface area contributed by atoms with Crippen molar-refractivity contribution in [3.05, 3.63) is 28.8 Å². The Bertz CT molecular complexity index is 470. The quantitative estimate of drug-likeness (QED) is 0.354. The van der Waals surface area contributed by atoms with E-state index in [4.69, 9.17) is 4.74 Å². The Hall–Kier alpha value is 0.0700. The lowest BCUT2D eigenvalue weighted by atomic mass is 9.98. The first-order valence-electron chi connectivity index (χ1n) is 9.07. The van der Waals surface area contributed by atoms with Crippen LogP contribution in [0.5, 0.6) is 5.75 Å². The van der Waals surface area contributed by atoms with Crippen LogP contribution in [0.25, 0.3) is 0 Å². The third kappa shape index (κ3) is 7.13. The van der Waals surface area contributed by atoms with E-state index in [1.807, 2.05) is 0 Å². The summed E-state index contributed by atoms with van der Waals surface area (Å²) in [6.07, 6.45) is 3.84. The molecule has 1 aromatic carbocycles. The minimum atomic E-state index is 0.546. The molecule has 0 aliphatic rings. The Kier molecular flexibility index (Phi) is 11.4. The minimum Gasteiger partial charge on any atom is -0.496 e. The fraction of sp³-hybridized carbons (Fsp3) is 0.700. The maximum atomic E-state index is 5.72. The molecule has 0 radical (unpaired) electrons. The first-order chi connectivity index (χ1) is 11.6. The molecule has 4 heteroatoms. The fourth-order valence-electron chi connectivity index (χ4n) is 3.09. The van der Waals surface area contributed by atoms with Gasteiger partial charge in [0.15, 0.2) is 0 Å². The maximum absolute atomic E-state index is 5.72. The van der Waals surface area contributed by atoms with E-state index in [0.29, 0.717) is 5.25 Å². The van der Waals surface area contributed by atoms with Crippen molar-refractivity contribution in [2.24, 2.45) is 0 Å². The molecule has 0 aliphatic carbocycles. The molecule has 1 nitrogen and oxygen atoms in total. The van der Waals surface area contributed by atoms with Gasteiger partial charge in [-0.25, -0.2) is 0 Å². The average Bonchev–Trinajstić information content (AvgIpc) is 2.54. The molecule has 1 aromatic rings. The van der Waals surface area contributed by atoms with Crippen molar-refractivity contribution in [2.45, 2.75) is 63.7 Å². The zero-order valence-electron chi connectivity index (χ0n) is 16.2. The molecule has 24 heavy (non-hydrogen) atoms. The second-order valence-corrected chi connectivity index (χ2v) is 10.7. The molecule has 1 rings (SSSR count). The van der Waals surface area contributed by atoms with Gasteiger partial charge in [0, 0.05) is 10.8 Å². The van der Waals surface area contributed by atoms with Crippen LogP contribution in [-0.2, 0) is 0 Å². The molecule has 138 valence electrons. The Labute approximate surface area is 162 Å². The zero-order valence-corrected chi connectivity index (χ0v) is 18.6. The third-order valence-electron chi connectivity index (χ3n) is 4.01. The normalized spacial score (nSPS) is 12.6. The first kappa shape index (κ1) is 22.1. The molecular weight excluding hydrogens is 352 g/mol. The Balaban J connectivity index is 2.80. The van der Waals surface area contributed by atoms with E-state index in [1.54, 1.807) is 7.11 Å². The van der Waals surface area contributed by atoms with Crippen molar-refractivity contribution in [2.75, 3.05) is 24.4 Å². The van der Waals surface area contributed by atoms with E-state index in [9.17, 15) is 0 Å². The lowest BCUT2D eigenvalue weighted by molar-refractivity contribution is 0.407. The summed E-state index contributed by atoms with van der Waals surface area (Å²) >= 11 is 6.28. The van der Waals surface area contributed by atoms with Crippen molar-refractivity contribution >= 4 is 35.3 Å². The fourth-order valence-corrected chi connectivity index (χ4v) is 6.91. The highest BCUT2D eigenvalue weighted by molar-refractivity contribution is 8.16. The van der Waals surface area contributed by atoms with E-state index in [0.717, 1.165) is 16.1 Å². The van der Waals surface area contributed by atoms with Crippen LogP contribution in [0.3, 0.4) is 0 Å². The number of hydrogen-bond acceptors (Lipinski definition) is 4. The lowest BCUT2D eigenvalue weighted by Crippen LogP contribution is -2.05. The van der Waals surface area contributed by atoms with E-state index in [-0.39, 0.29) is 0 Å². The molecule has 0 saturated heterocycles. The number of hydrogen-bond donors (Lipinski definition) is 0. The highest BCUT2D eigenvalue weighted by Crippen LogP contribution is 2.42. The van der Waals surface area contributed by atoms with Gasteiger partial charge in [-0.15, -0.1) is 23.5 Å². The van der Waals surface area contributed by atoms with Gasteiger partial charge >= 0.3 is 0 Å². The predicted octanol–water partition coefficient (Wildman–Crippen LogP) is 7.11. The van der Waals surface area contributed by atoms with Crippen LogP contribution < -0.4 is 4.74 Å². The summed E-state index contributed by atoms with van der Waals surface area (Å²) in [6, 6.07) is 4.48.